The van der Waals surface area contributed by atoms with Gasteiger partial charge in [-0.1, -0.05) is 90.4 Å². The Bertz CT molecular complexity index is 462. The molecule has 0 aromatic rings. The van der Waals surface area contributed by atoms with Crippen molar-refractivity contribution in [2.75, 3.05) is 54.1 Å². The molecule has 0 saturated heterocycles. The maximum Gasteiger partial charge on any atom is 0.268 e. The number of phosphoric acid groups is 1. The first-order valence-corrected chi connectivity index (χ1v) is 14.8. The van der Waals surface area contributed by atoms with E-state index in [1.54, 1.807) is 0 Å². The smallest absolute Gasteiger partial charge is 0.268 e. The minimum absolute atomic E-state index is 0.0347. The summed E-state index contributed by atoms with van der Waals surface area (Å²) in [5.74, 6) is 0. The summed E-state index contributed by atoms with van der Waals surface area (Å²) in [5, 5.41) is -0.286. The van der Waals surface area contributed by atoms with Crippen molar-refractivity contribution in [1.29, 1.82) is 0 Å². The molecule has 0 aromatic carbocycles. The zero-order valence-corrected chi connectivity index (χ0v) is 23.2. The second-order valence-electron chi connectivity index (χ2n) is 9.92. The second-order valence-corrected chi connectivity index (χ2v) is 12.1. The van der Waals surface area contributed by atoms with Crippen molar-refractivity contribution < 1.29 is 27.7 Å². The number of hydrogen-bond acceptors (Lipinski definition) is 6. The van der Waals surface area contributed by atoms with Crippen LogP contribution in [0.2, 0.25) is 0 Å². The van der Waals surface area contributed by atoms with Crippen molar-refractivity contribution in [3.8, 4) is 0 Å². The fraction of sp³-hybridized carbons (Fsp3) is 1.00. The second kappa shape index (κ2) is 20.7. The highest BCUT2D eigenvalue weighted by Gasteiger charge is 2.15. The van der Waals surface area contributed by atoms with Gasteiger partial charge in [0.2, 0.25) is 0 Å². The number of likely N-dealkylation sites (N-methyl/N-ethyl adjacent to an activating group) is 1. The van der Waals surface area contributed by atoms with E-state index in [1.807, 2.05) is 21.1 Å². The molecule has 0 aliphatic rings. The number of phosphoric ester groups is 1. The van der Waals surface area contributed by atoms with Gasteiger partial charge in [0.05, 0.1) is 34.4 Å². The molecular weight excluding hydrogens is 445 g/mol. The lowest BCUT2D eigenvalue weighted by Gasteiger charge is -2.27. The average Bonchev–Trinajstić information content (AvgIpc) is 2.71. The van der Waals surface area contributed by atoms with E-state index in [9.17, 15) is 9.46 Å². The Labute approximate surface area is 204 Å². The fourth-order valence-corrected chi connectivity index (χ4v) is 4.35. The van der Waals surface area contributed by atoms with Crippen LogP contribution in [0, 0.1) is 0 Å². The zero-order valence-electron chi connectivity index (χ0n) is 21.4. The lowest BCUT2D eigenvalue weighted by atomic mass is 10.0. The van der Waals surface area contributed by atoms with E-state index in [4.69, 9.17) is 13.8 Å². The van der Waals surface area contributed by atoms with Gasteiger partial charge in [0.25, 0.3) is 7.82 Å². The van der Waals surface area contributed by atoms with Crippen LogP contribution in [-0.4, -0.2) is 63.8 Å². The number of hydrogen-bond donors (Lipinski definition) is 1. The lowest BCUT2D eigenvalue weighted by molar-refractivity contribution is -0.870. The Balaban J connectivity index is 3.40. The van der Waals surface area contributed by atoms with Crippen LogP contribution in [-0.2, 0) is 18.3 Å². The average molecular weight is 498 g/mol. The van der Waals surface area contributed by atoms with Gasteiger partial charge < -0.3 is 23.2 Å². The first-order valence-electron chi connectivity index (χ1n) is 12.8. The minimum Gasteiger partial charge on any atom is -0.756 e. The molecule has 6 nitrogen and oxygen atoms in total. The van der Waals surface area contributed by atoms with Crippen LogP contribution >= 0.6 is 20.5 Å². The fourth-order valence-electron chi connectivity index (χ4n) is 3.31. The van der Waals surface area contributed by atoms with Gasteiger partial charge in [-0.15, -0.1) is 0 Å². The summed E-state index contributed by atoms with van der Waals surface area (Å²) in [6.45, 7) is 3.99. The van der Waals surface area contributed by atoms with Crippen molar-refractivity contribution in [2.45, 2.75) is 102 Å². The first kappa shape index (κ1) is 32.4. The van der Waals surface area contributed by atoms with Crippen LogP contribution in [0.5, 0.6) is 0 Å². The van der Waals surface area contributed by atoms with E-state index in [-0.39, 0.29) is 18.5 Å². The van der Waals surface area contributed by atoms with E-state index in [2.05, 4.69) is 19.6 Å². The van der Waals surface area contributed by atoms with Crippen molar-refractivity contribution in [2.24, 2.45) is 0 Å². The third-order valence-electron chi connectivity index (χ3n) is 5.39. The number of quaternary nitrogens is 1. The molecule has 8 heteroatoms. The molecule has 1 unspecified atom stereocenters. The molecule has 0 fully saturated rings. The Morgan fingerprint density at radius 1 is 0.750 bits per heavy atom. The molecule has 2 atom stereocenters. The van der Waals surface area contributed by atoms with Gasteiger partial charge in [-0.25, -0.2) is 0 Å². The van der Waals surface area contributed by atoms with E-state index in [0.717, 1.165) is 6.42 Å². The summed E-state index contributed by atoms with van der Waals surface area (Å²) in [5.41, 5.74) is 0. The largest absolute Gasteiger partial charge is 0.756 e. The van der Waals surface area contributed by atoms with Gasteiger partial charge >= 0.3 is 0 Å². The summed E-state index contributed by atoms with van der Waals surface area (Å²) in [6, 6.07) is 0. The van der Waals surface area contributed by atoms with E-state index < -0.39 is 7.82 Å². The molecule has 0 heterocycles. The Morgan fingerprint density at radius 2 is 1.22 bits per heavy atom. The predicted octanol–water partition coefficient (Wildman–Crippen LogP) is 5.99. The SMILES string of the molecule is CCCCCCCCCCCCCCCCOC[C@@H](S)COP(=O)([O-])OCC[N+](C)(C)C. The molecule has 194 valence electrons. The van der Waals surface area contributed by atoms with Crippen LogP contribution in [0.4, 0.5) is 0 Å². The summed E-state index contributed by atoms with van der Waals surface area (Å²) in [6.07, 6.45) is 18.7. The van der Waals surface area contributed by atoms with Crippen LogP contribution in [0.3, 0.4) is 0 Å². The number of nitrogens with zero attached hydrogens (tertiary/aromatic N) is 1. The minimum atomic E-state index is -4.27. The molecule has 0 amide bonds. The van der Waals surface area contributed by atoms with Crippen molar-refractivity contribution in [1.82, 2.24) is 0 Å². The molecular formula is C24H52NO5PS. The van der Waals surface area contributed by atoms with E-state index in [1.165, 1.54) is 83.5 Å². The number of thiol groups is 1. The Kier molecular flexibility index (Phi) is 21.0. The summed E-state index contributed by atoms with van der Waals surface area (Å²) in [7, 11) is 1.64. The summed E-state index contributed by atoms with van der Waals surface area (Å²) in [4.78, 5) is 11.7. The third-order valence-corrected chi connectivity index (χ3v) is 6.65. The molecule has 0 aliphatic carbocycles. The van der Waals surface area contributed by atoms with Gasteiger partial charge in [-0.2, -0.15) is 12.6 Å². The quantitative estimate of drug-likeness (QED) is 0.0768. The standard InChI is InChI=1S/C24H52NO5PS/c1-5-6-7-8-9-10-11-12-13-14-15-16-17-18-20-28-22-24(32)23-30-31(26,27)29-21-19-25(2,3)4/h24H,5-23H2,1-4H3,(H-,26,27,32)/t24-/m1/s1. The van der Waals surface area contributed by atoms with Gasteiger partial charge in [-0.3, -0.25) is 4.57 Å². The maximum absolute atomic E-state index is 11.7. The number of unbranched alkanes of at least 4 members (excludes halogenated alkanes) is 13. The van der Waals surface area contributed by atoms with Crippen LogP contribution in [0.25, 0.3) is 0 Å². The highest BCUT2D eigenvalue weighted by Crippen LogP contribution is 2.38. The maximum atomic E-state index is 11.7. The normalized spacial score (nSPS) is 15.1. The number of ether oxygens (including phenoxy) is 1. The number of rotatable bonds is 24. The van der Waals surface area contributed by atoms with Gasteiger partial charge in [0, 0.05) is 11.9 Å². The topological polar surface area (TPSA) is 67.8 Å². The third kappa shape index (κ3) is 25.0. The molecule has 0 bridgehead atoms. The first-order chi connectivity index (χ1) is 15.2. The Hall–Kier alpha value is 0.380. The zero-order chi connectivity index (χ0) is 24.1. The van der Waals surface area contributed by atoms with Crippen molar-refractivity contribution >= 4 is 20.5 Å². The predicted molar refractivity (Wildman–Crippen MR) is 136 cm³/mol. The van der Waals surface area contributed by atoms with Gasteiger partial charge in [-0.05, 0) is 6.42 Å². The van der Waals surface area contributed by atoms with E-state index in [0.29, 0.717) is 24.2 Å². The van der Waals surface area contributed by atoms with Gasteiger partial charge in [0.1, 0.15) is 13.2 Å². The molecule has 0 N–H and O–H groups in total. The summed E-state index contributed by atoms with van der Waals surface area (Å²) < 4.78 is 27.8. The highest BCUT2D eigenvalue weighted by atomic mass is 32.1. The van der Waals surface area contributed by atoms with Crippen molar-refractivity contribution in [3.05, 3.63) is 0 Å². The van der Waals surface area contributed by atoms with Crippen LogP contribution < -0.4 is 4.89 Å². The summed E-state index contributed by atoms with van der Waals surface area (Å²) >= 11 is 4.34. The molecule has 0 aromatic heterocycles. The van der Waals surface area contributed by atoms with E-state index >= 15 is 0 Å². The van der Waals surface area contributed by atoms with Crippen LogP contribution in [0.1, 0.15) is 96.8 Å². The molecule has 0 rings (SSSR count). The molecule has 0 saturated carbocycles. The molecule has 0 spiro atoms. The highest BCUT2D eigenvalue weighted by molar-refractivity contribution is 7.81. The molecule has 0 radical (unpaired) electrons. The molecule has 0 aliphatic heterocycles. The Morgan fingerprint density at radius 3 is 1.69 bits per heavy atom. The molecule has 32 heavy (non-hydrogen) atoms. The lowest BCUT2D eigenvalue weighted by Crippen LogP contribution is -2.37. The van der Waals surface area contributed by atoms with Crippen molar-refractivity contribution in [3.63, 3.8) is 0 Å². The van der Waals surface area contributed by atoms with Crippen LogP contribution in [0.15, 0.2) is 0 Å². The monoisotopic (exact) mass is 497 g/mol. The van der Waals surface area contributed by atoms with Gasteiger partial charge in [0.15, 0.2) is 0 Å².